The summed E-state index contributed by atoms with van der Waals surface area (Å²) in [4.78, 5) is 24.0. The number of nitrogens with zero attached hydrogens (tertiary/aromatic N) is 1. The van der Waals surface area contributed by atoms with E-state index < -0.39 is 11.8 Å². The van der Waals surface area contributed by atoms with E-state index in [1.807, 2.05) is 0 Å². The van der Waals surface area contributed by atoms with Gasteiger partial charge in [-0.3, -0.25) is 4.79 Å². The fraction of sp³-hybridized carbons (Fsp3) is 0.333. The van der Waals surface area contributed by atoms with E-state index >= 15 is 0 Å². The highest BCUT2D eigenvalue weighted by Gasteiger charge is 2.18. The molecule has 20 heavy (non-hydrogen) atoms. The van der Waals surface area contributed by atoms with Gasteiger partial charge in [-0.2, -0.15) is 0 Å². The summed E-state index contributed by atoms with van der Waals surface area (Å²) in [5, 5.41) is 8.53. The Labute approximate surface area is 116 Å². The molecule has 0 aromatic heterocycles. The molecule has 1 aromatic carbocycles. The Bertz CT molecular complexity index is 554. The molecule has 1 N–H and O–H groups in total. The van der Waals surface area contributed by atoms with Crippen molar-refractivity contribution in [3.63, 3.8) is 0 Å². The van der Waals surface area contributed by atoms with Gasteiger partial charge in [0.1, 0.15) is 5.82 Å². The number of carboxylic acids is 1. The van der Waals surface area contributed by atoms with Crippen molar-refractivity contribution in [1.82, 2.24) is 0 Å². The maximum atomic E-state index is 13.9. The van der Waals surface area contributed by atoms with Crippen LogP contribution in [0.5, 0.6) is 0 Å². The van der Waals surface area contributed by atoms with Crippen molar-refractivity contribution >= 4 is 23.6 Å². The molecule has 106 valence electrons. The molecule has 0 aliphatic carbocycles. The van der Waals surface area contributed by atoms with Crippen LogP contribution in [0.25, 0.3) is 6.08 Å². The van der Waals surface area contributed by atoms with Crippen LogP contribution in [0.2, 0.25) is 0 Å². The Morgan fingerprint density at radius 2 is 2.10 bits per heavy atom. The predicted octanol–water partition coefficient (Wildman–Crippen LogP) is 2.83. The molecule has 0 atom stereocenters. The van der Waals surface area contributed by atoms with E-state index in [0.717, 1.165) is 25.3 Å². The maximum absolute atomic E-state index is 13.9. The largest absolute Gasteiger partial charge is 0.478 e. The molecular weight excluding hydrogens is 261 g/mol. The number of carbonyl (C=O) groups excluding carboxylic acids is 1. The summed E-state index contributed by atoms with van der Waals surface area (Å²) in [6.45, 7) is 0.600. The lowest BCUT2D eigenvalue weighted by Gasteiger charge is -2.20. The number of anilines is 1. The number of aliphatic carboxylic acids is 1. The number of benzene rings is 1. The van der Waals surface area contributed by atoms with E-state index in [1.165, 1.54) is 18.2 Å². The summed E-state index contributed by atoms with van der Waals surface area (Å²) in [7, 11) is 0. The molecule has 1 saturated heterocycles. The average Bonchev–Trinajstić information content (AvgIpc) is 2.62. The van der Waals surface area contributed by atoms with Gasteiger partial charge >= 0.3 is 5.97 Å². The lowest BCUT2D eigenvalue weighted by molar-refractivity contribution is -0.131. The van der Waals surface area contributed by atoms with Gasteiger partial charge in [0.15, 0.2) is 0 Å². The fourth-order valence-electron chi connectivity index (χ4n) is 2.24. The zero-order valence-electron chi connectivity index (χ0n) is 11.0. The average molecular weight is 277 g/mol. The van der Waals surface area contributed by atoms with Crippen LogP contribution in [-0.4, -0.2) is 23.5 Å². The molecule has 0 unspecified atom stereocenters. The van der Waals surface area contributed by atoms with Gasteiger partial charge in [-0.15, -0.1) is 0 Å². The number of rotatable bonds is 3. The minimum absolute atomic E-state index is 0.00993. The zero-order chi connectivity index (χ0) is 14.5. The van der Waals surface area contributed by atoms with Gasteiger partial charge in [0, 0.05) is 30.3 Å². The third kappa shape index (κ3) is 3.44. The molecule has 1 fully saturated rings. The molecule has 1 heterocycles. The molecule has 1 aromatic rings. The van der Waals surface area contributed by atoms with Crippen LogP contribution in [0.15, 0.2) is 24.3 Å². The van der Waals surface area contributed by atoms with Gasteiger partial charge < -0.3 is 10.0 Å². The first-order valence-corrected chi connectivity index (χ1v) is 6.59. The Morgan fingerprint density at radius 1 is 1.30 bits per heavy atom. The van der Waals surface area contributed by atoms with E-state index in [0.29, 0.717) is 18.7 Å². The monoisotopic (exact) mass is 277 g/mol. The van der Waals surface area contributed by atoms with Crippen LogP contribution < -0.4 is 4.90 Å². The molecular formula is C15H16FNO3. The van der Waals surface area contributed by atoms with E-state index in [4.69, 9.17) is 5.11 Å². The van der Waals surface area contributed by atoms with Crippen molar-refractivity contribution in [2.45, 2.75) is 25.7 Å². The van der Waals surface area contributed by atoms with Crippen LogP contribution in [0.3, 0.4) is 0 Å². The summed E-state index contributed by atoms with van der Waals surface area (Å²) in [6.07, 6.45) is 5.36. The number of halogens is 1. The standard InChI is InChI=1S/C15H16FNO3/c16-13-10-12(7-5-11(13)6-8-15(19)20)17-9-3-1-2-4-14(17)18/h5-8,10H,1-4,9H2,(H,19,20). The summed E-state index contributed by atoms with van der Waals surface area (Å²) in [5.74, 6) is -1.65. The minimum atomic E-state index is -1.13. The van der Waals surface area contributed by atoms with E-state index in [2.05, 4.69) is 0 Å². The van der Waals surface area contributed by atoms with Crippen LogP contribution in [0.1, 0.15) is 31.2 Å². The highest BCUT2D eigenvalue weighted by molar-refractivity contribution is 5.93. The second-order valence-electron chi connectivity index (χ2n) is 4.73. The number of amides is 1. The minimum Gasteiger partial charge on any atom is -0.478 e. The van der Waals surface area contributed by atoms with E-state index in [-0.39, 0.29) is 11.5 Å². The Morgan fingerprint density at radius 3 is 2.80 bits per heavy atom. The zero-order valence-corrected chi connectivity index (χ0v) is 11.0. The molecule has 0 bridgehead atoms. The molecule has 2 rings (SSSR count). The lowest BCUT2D eigenvalue weighted by atomic mass is 10.1. The van der Waals surface area contributed by atoms with Crippen LogP contribution in [-0.2, 0) is 9.59 Å². The molecule has 1 aliphatic rings. The second-order valence-corrected chi connectivity index (χ2v) is 4.73. The number of hydrogen-bond donors (Lipinski definition) is 1. The van der Waals surface area contributed by atoms with E-state index in [1.54, 1.807) is 11.0 Å². The Kier molecular flexibility index (Phi) is 4.50. The van der Waals surface area contributed by atoms with Crippen molar-refractivity contribution < 1.29 is 19.1 Å². The maximum Gasteiger partial charge on any atom is 0.328 e. The summed E-state index contributed by atoms with van der Waals surface area (Å²) in [5.41, 5.74) is 0.722. The van der Waals surface area contributed by atoms with Gasteiger partial charge in [0.25, 0.3) is 0 Å². The van der Waals surface area contributed by atoms with E-state index in [9.17, 15) is 14.0 Å². The SMILES string of the molecule is O=C(O)C=Cc1ccc(N2CCCCCC2=O)cc1F. The van der Waals surface area contributed by atoms with Gasteiger partial charge in [0.2, 0.25) is 5.91 Å². The summed E-state index contributed by atoms with van der Waals surface area (Å²) in [6, 6.07) is 4.42. The fourth-order valence-corrected chi connectivity index (χ4v) is 2.24. The molecule has 1 aliphatic heterocycles. The molecule has 1 amide bonds. The van der Waals surface area contributed by atoms with Crippen LogP contribution in [0, 0.1) is 5.82 Å². The highest BCUT2D eigenvalue weighted by Crippen LogP contribution is 2.23. The van der Waals surface area contributed by atoms with Crippen LogP contribution >= 0.6 is 0 Å². The third-order valence-corrected chi connectivity index (χ3v) is 3.27. The first-order valence-electron chi connectivity index (χ1n) is 6.59. The van der Waals surface area contributed by atoms with Crippen molar-refractivity contribution in [1.29, 1.82) is 0 Å². The van der Waals surface area contributed by atoms with Crippen molar-refractivity contribution in [3.8, 4) is 0 Å². The summed E-state index contributed by atoms with van der Waals surface area (Å²) < 4.78 is 13.9. The normalized spacial score (nSPS) is 16.4. The number of hydrogen-bond acceptors (Lipinski definition) is 2. The predicted molar refractivity (Wildman–Crippen MR) is 73.9 cm³/mol. The Hall–Kier alpha value is -2.17. The molecule has 4 nitrogen and oxygen atoms in total. The highest BCUT2D eigenvalue weighted by atomic mass is 19.1. The first kappa shape index (κ1) is 14.2. The van der Waals surface area contributed by atoms with Crippen molar-refractivity contribution in [2.24, 2.45) is 0 Å². The second kappa shape index (κ2) is 6.32. The van der Waals surface area contributed by atoms with Crippen LogP contribution in [0.4, 0.5) is 10.1 Å². The third-order valence-electron chi connectivity index (χ3n) is 3.27. The topological polar surface area (TPSA) is 57.6 Å². The van der Waals surface area contributed by atoms with Gasteiger partial charge in [-0.05, 0) is 37.1 Å². The molecule has 0 radical (unpaired) electrons. The van der Waals surface area contributed by atoms with Crippen molar-refractivity contribution in [3.05, 3.63) is 35.7 Å². The molecule has 0 spiro atoms. The molecule has 0 saturated carbocycles. The smallest absolute Gasteiger partial charge is 0.328 e. The van der Waals surface area contributed by atoms with Crippen molar-refractivity contribution in [2.75, 3.05) is 11.4 Å². The first-order chi connectivity index (χ1) is 9.58. The summed E-state index contributed by atoms with van der Waals surface area (Å²) >= 11 is 0. The van der Waals surface area contributed by atoms with Gasteiger partial charge in [-0.1, -0.05) is 6.42 Å². The Balaban J connectivity index is 2.23. The number of carboxylic acid groups (broad SMARTS) is 1. The lowest BCUT2D eigenvalue weighted by Crippen LogP contribution is -2.30. The molecule has 5 heteroatoms. The number of carbonyl (C=O) groups is 2. The quantitative estimate of drug-likeness (QED) is 0.864. The van der Waals surface area contributed by atoms with Gasteiger partial charge in [-0.25, -0.2) is 9.18 Å². The van der Waals surface area contributed by atoms with Gasteiger partial charge in [0.05, 0.1) is 0 Å².